The molecular formula is C25H32ClN5O7. The second kappa shape index (κ2) is 14.7. The minimum absolute atomic E-state index is 0.123. The number of anilines is 1. The lowest BCUT2D eigenvalue weighted by Crippen LogP contribution is -2.33. The van der Waals surface area contributed by atoms with Gasteiger partial charge in [-0.3, -0.25) is 19.7 Å². The number of halogens is 1. The van der Waals surface area contributed by atoms with Crippen LogP contribution in [-0.4, -0.2) is 53.1 Å². The number of unbranched alkanes of at least 4 members (excludes halogenated alkanes) is 3. The van der Waals surface area contributed by atoms with E-state index in [4.69, 9.17) is 21.1 Å². The van der Waals surface area contributed by atoms with Crippen molar-refractivity contribution < 1.29 is 28.8 Å². The van der Waals surface area contributed by atoms with Crippen LogP contribution in [0.4, 0.5) is 16.3 Å². The van der Waals surface area contributed by atoms with Gasteiger partial charge in [-0.25, -0.2) is 9.78 Å². The van der Waals surface area contributed by atoms with Gasteiger partial charge in [-0.1, -0.05) is 24.4 Å². The quantitative estimate of drug-likeness (QED) is 0.187. The Balaban J connectivity index is 1.73. The van der Waals surface area contributed by atoms with Crippen molar-refractivity contribution in [3.63, 3.8) is 0 Å². The molecule has 0 unspecified atom stereocenters. The summed E-state index contributed by atoms with van der Waals surface area (Å²) in [6, 6.07) is 6.61. The van der Waals surface area contributed by atoms with Crippen molar-refractivity contribution in [2.75, 3.05) is 25.0 Å². The van der Waals surface area contributed by atoms with Crippen LogP contribution in [0.5, 0.6) is 5.75 Å². The highest BCUT2D eigenvalue weighted by molar-refractivity contribution is 6.30. The first-order valence-corrected chi connectivity index (χ1v) is 12.4. The highest BCUT2D eigenvalue weighted by Gasteiger charge is 2.22. The summed E-state index contributed by atoms with van der Waals surface area (Å²) >= 11 is 5.77. The number of ether oxygens (including phenoxy) is 2. The molecule has 0 radical (unpaired) electrons. The number of alkyl carbamates (subject to hydrolysis) is 1. The molecule has 1 aromatic heterocycles. The number of hydrogen-bond acceptors (Lipinski definition) is 8. The van der Waals surface area contributed by atoms with E-state index >= 15 is 0 Å². The lowest BCUT2D eigenvalue weighted by molar-refractivity contribution is -0.385. The van der Waals surface area contributed by atoms with Crippen molar-refractivity contribution in [2.24, 2.45) is 0 Å². The van der Waals surface area contributed by atoms with Crippen molar-refractivity contribution in [1.29, 1.82) is 0 Å². The number of nitro groups is 1. The Bertz CT molecular complexity index is 1120. The van der Waals surface area contributed by atoms with Crippen LogP contribution < -0.4 is 20.7 Å². The Morgan fingerprint density at radius 3 is 2.32 bits per heavy atom. The number of carbonyl (C=O) groups excluding carboxylic acids is 3. The molecule has 38 heavy (non-hydrogen) atoms. The smallest absolute Gasteiger partial charge is 0.407 e. The first kappa shape index (κ1) is 30.3. The highest BCUT2D eigenvalue weighted by Crippen LogP contribution is 2.25. The SMILES string of the molecule is CC(C)(C)OC(=O)NCCCCCCNC(=O)COc1ccc([N+](=O)[O-])c(C(=O)Nc2ccc(Cl)cn2)c1. The molecule has 2 rings (SSSR count). The maximum absolute atomic E-state index is 12.6. The van der Waals surface area contributed by atoms with Crippen LogP contribution in [0, 0.1) is 10.1 Å². The maximum Gasteiger partial charge on any atom is 0.407 e. The second-order valence-corrected chi connectivity index (χ2v) is 9.67. The number of nitro benzene ring substituents is 1. The normalized spacial score (nSPS) is 10.8. The Hall–Kier alpha value is -3.93. The van der Waals surface area contributed by atoms with Crippen molar-refractivity contribution in [3.05, 3.63) is 57.2 Å². The molecule has 3 amide bonds. The summed E-state index contributed by atoms with van der Waals surface area (Å²) in [6.07, 6.45) is 4.17. The summed E-state index contributed by atoms with van der Waals surface area (Å²) in [6.45, 7) is 6.04. The number of aromatic nitrogens is 1. The third kappa shape index (κ3) is 11.4. The lowest BCUT2D eigenvalue weighted by Gasteiger charge is -2.19. The van der Waals surface area contributed by atoms with Gasteiger partial charge in [-0.2, -0.15) is 0 Å². The topological polar surface area (TPSA) is 162 Å². The molecule has 1 aromatic carbocycles. The third-order valence-electron chi connectivity index (χ3n) is 4.84. The summed E-state index contributed by atoms with van der Waals surface area (Å²) < 4.78 is 10.6. The van der Waals surface area contributed by atoms with Crippen LogP contribution >= 0.6 is 11.6 Å². The molecular weight excluding hydrogens is 518 g/mol. The van der Waals surface area contributed by atoms with Gasteiger partial charge in [0.05, 0.1) is 9.95 Å². The number of benzene rings is 1. The maximum atomic E-state index is 12.6. The minimum atomic E-state index is -0.761. The Kier molecular flexibility index (Phi) is 11.7. The average Bonchev–Trinajstić information content (AvgIpc) is 2.84. The number of rotatable bonds is 13. The Morgan fingerprint density at radius 1 is 1.03 bits per heavy atom. The first-order chi connectivity index (χ1) is 17.9. The standard InChI is InChI=1S/C25H32ClN5O7/c1-25(2,3)38-24(34)28-13-7-5-4-6-12-27-22(32)16-37-18-9-10-20(31(35)36)19(14-18)23(33)30-21-11-8-17(26)15-29-21/h8-11,14-15H,4-7,12-13,16H2,1-3H3,(H,27,32)(H,28,34)(H,29,30,33). The van der Waals surface area contributed by atoms with Crippen molar-refractivity contribution in [3.8, 4) is 5.75 Å². The number of nitrogens with one attached hydrogen (secondary N) is 3. The van der Waals surface area contributed by atoms with Gasteiger partial charge in [0.25, 0.3) is 17.5 Å². The zero-order valence-corrected chi connectivity index (χ0v) is 22.3. The number of hydrogen-bond donors (Lipinski definition) is 3. The van der Waals surface area contributed by atoms with Crippen LogP contribution in [0.2, 0.25) is 5.02 Å². The summed E-state index contributed by atoms with van der Waals surface area (Å²) in [5.74, 6) is -0.842. The number of nitrogens with zero attached hydrogens (tertiary/aromatic N) is 2. The van der Waals surface area contributed by atoms with Crippen LogP contribution in [0.3, 0.4) is 0 Å². The molecule has 13 heteroatoms. The molecule has 0 bridgehead atoms. The van der Waals surface area contributed by atoms with E-state index in [1.54, 1.807) is 20.8 Å². The van der Waals surface area contributed by atoms with E-state index in [1.165, 1.54) is 30.5 Å². The van der Waals surface area contributed by atoms with Gasteiger partial charge in [0.15, 0.2) is 6.61 Å². The molecule has 12 nitrogen and oxygen atoms in total. The molecule has 0 atom stereocenters. The molecule has 0 fully saturated rings. The van der Waals surface area contributed by atoms with E-state index in [0.29, 0.717) is 18.1 Å². The second-order valence-electron chi connectivity index (χ2n) is 9.23. The van der Waals surface area contributed by atoms with Gasteiger partial charge < -0.3 is 25.4 Å². The van der Waals surface area contributed by atoms with Crippen molar-refractivity contribution in [1.82, 2.24) is 15.6 Å². The fourth-order valence-electron chi connectivity index (χ4n) is 3.12. The predicted molar refractivity (Wildman–Crippen MR) is 142 cm³/mol. The van der Waals surface area contributed by atoms with Crippen LogP contribution in [0.15, 0.2) is 36.5 Å². The molecule has 0 aliphatic heterocycles. The third-order valence-corrected chi connectivity index (χ3v) is 5.07. The van der Waals surface area contributed by atoms with E-state index < -0.39 is 28.2 Å². The fourth-order valence-corrected chi connectivity index (χ4v) is 3.23. The van der Waals surface area contributed by atoms with Gasteiger partial charge in [0, 0.05) is 25.4 Å². The number of pyridine rings is 1. The molecule has 1 heterocycles. The fraction of sp³-hybridized carbons (Fsp3) is 0.440. The van der Waals surface area contributed by atoms with Gasteiger partial charge in [-0.15, -0.1) is 0 Å². The Morgan fingerprint density at radius 2 is 1.71 bits per heavy atom. The highest BCUT2D eigenvalue weighted by atomic mass is 35.5. The van der Waals surface area contributed by atoms with E-state index in [9.17, 15) is 24.5 Å². The van der Waals surface area contributed by atoms with Gasteiger partial charge in [0.2, 0.25) is 0 Å². The van der Waals surface area contributed by atoms with Crippen molar-refractivity contribution in [2.45, 2.75) is 52.1 Å². The zero-order valence-electron chi connectivity index (χ0n) is 21.5. The first-order valence-electron chi connectivity index (χ1n) is 12.0. The Labute approximate surface area is 225 Å². The van der Waals surface area contributed by atoms with E-state index in [0.717, 1.165) is 31.7 Å². The number of amides is 3. The molecule has 0 saturated heterocycles. The van der Waals surface area contributed by atoms with Crippen molar-refractivity contribution >= 4 is 41.0 Å². The minimum Gasteiger partial charge on any atom is -0.484 e. The monoisotopic (exact) mass is 549 g/mol. The van der Waals surface area contributed by atoms with Crippen LogP contribution in [-0.2, 0) is 9.53 Å². The molecule has 0 aliphatic rings. The largest absolute Gasteiger partial charge is 0.484 e. The summed E-state index contributed by atoms with van der Waals surface area (Å²) in [7, 11) is 0. The van der Waals surface area contributed by atoms with Gasteiger partial charge in [-0.05, 0) is 57.9 Å². The van der Waals surface area contributed by atoms with Crippen LogP contribution in [0.1, 0.15) is 56.8 Å². The summed E-state index contributed by atoms with van der Waals surface area (Å²) in [5, 5.41) is 19.6. The number of carbonyl (C=O) groups is 3. The van der Waals surface area contributed by atoms with Gasteiger partial charge in [0.1, 0.15) is 22.7 Å². The molecule has 0 spiro atoms. The molecule has 206 valence electrons. The molecule has 0 aliphatic carbocycles. The average molecular weight is 550 g/mol. The summed E-state index contributed by atoms with van der Waals surface area (Å²) in [4.78, 5) is 50.9. The lowest BCUT2D eigenvalue weighted by atomic mass is 10.1. The summed E-state index contributed by atoms with van der Waals surface area (Å²) in [5.41, 5.74) is -1.20. The van der Waals surface area contributed by atoms with E-state index in [2.05, 4.69) is 20.9 Å². The van der Waals surface area contributed by atoms with Crippen LogP contribution in [0.25, 0.3) is 0 Å². The molecule has 0 saturated carbocycles. The predicted octanol–water partition coefficient (Wildman–Crippen LogP) is 4.48. The van der Waals surface area contributed by atoms with E-state index in [1.807, 2.05) is 0 Å². The molecule has 2 aromatic rings. The van der Waals surface area contributed by atoms with E-state index in [-0.39, 0.29) is 29.6 Å². The zero-order chi connectivity index (χ0) is 28.1. The molecule has 3 N–H and O–H groups in total. The van der Waals surface area contributed by atoms with Gasteiger partial charge >= 0.3 is 6.09 Å².